The van der Waals surface area contributed by atoms with Crippen molar-refractivity contribution in [2.45, 2.75) is 13.0 Å². The second kappa shape index (κ2) is 6.52. The number of hydrogen-bond acceptors (Lipinski definition) is 3. The molecule has 2 N–H and O–H groups in total. The van der Waals surface area contributed by atoms with Gasteiger partial charge in [-0.15, -0.1) is 11.3 Å². The van der Waals surface area contributed by atoms with Gasteiger partial charge >= 0.3 is 0 Å². The van der Waals surface area contributed by atoms with Crippen LogP contribution in [0.3, 0.4) is 0 Å². The lowest BCUT2D eigenvalue weighted by atomic mass is 10.1. The summed E-state index contributed by atoms with van der Waals surface area (Å²) in [6, 6.07) is 16.6. The van der Waals surface area contributed by atoms with E-state index in [4.69, 9.17) is 10.7 Å². The van der Waals surface area contributed by atoms with Crippen molar-refractivity contribution in [1.82, 2.24) is 4.98 Å². The zero-order valence-corrected chi connectivity index (χ0v) is 13.8. The van der Waals surface area contributed by atoms with Crippen LogP contribution in [0.2, 0.25) is 0 Å². The molecule has 0 saturated carbocycles. The molecule has 4 heteroatoms. The first-order valence-electron chi connectivity index (χ1n) is 6.73. The van der Waals surface area contributed by atoms with E-state index in [2.05, 4.69) is 57.7 Å². The van der Waals surface area contributed by atoms with Crippen molar-refractivity contribution < 1.29 is 0 Å². The summed E-state index contributed by atoms with van der Waals surface area (Å²) in [6.45, 7) is 0.559. The van der Waals surface area contributed by atoms with Gasteiger partial charge in [0.05, 0.1) is 10.7 Å². The minimum atomic E-state index is 0.559. The fraction of sp³-hybridized carbons (Fsp3) is 0.118. The van der Waals surface area contributed by atoms with Gasteiger partial charge in [-0.3, -0.25) is 0 Å². The smallest absolute Gasteiger partial charge is 0.0976 e. The zero-order chi connectivity index (χ0) is 14.7. The van der Waals surface area contributed by atoms with Crippen molar-refractivity contribution in [2.24, 2.45) is 5.73 Å². The van der Waals surface area contributed by atoms with E-state index in [1.165, 1.54) is 5.56 Å². The summed E-state index contributed by atoms with van der Waals surface area (Å²) in [5, 5.41) is 3.24. The molecule has 0 unspecified atom stereocenters. The standard InChI is InChI=1S/C17H15BrN2S/c18-15-6-4-12(5-7-15)9-17-20-16(11-21-17)14-3-1-2-13(8-14)10-19/h1-8,11H,9-10,19H2. The molecule has 21 heavy (non-hydrogen) atoms. The minimum absolute atomic E-state index is 0.559. The van der Waals surface area contributed by atoms with E-state index in [0.29, 0.717) is 6.54 Å². The Bertz CT molecular complexity index is 735. The highest BCUT2D eigenvalue weighted by Gasteiger charge is 2.06. The number of nitrogens with two attached hydrogens (primary N) is 1. The average Bonchev–Trinajstić information content (AvgIpc) is 2.98. The number of hydrogen-bond donors (Lipinski definition) is 1. The van der Waals surface area contributed by atoms with Gasteiger partial charge in [0.1, 0.15) is 0 Å². The number of thiazole rings is 1. The van der Waals surface area contributed by atoms with E-state index in [1.807, 2.05) is 12.1 Å². The van der Waals surface area contributed by atoms with Gasteiger partial charge in [-0.1, -0.05) is 46.3 Å². The molecule has 0 aliphatic heterocycles. The molecule has 3 aromatic rings. The second-order valence-electron chi connectivity index (χ2n) is 4.83. The first kappa shape index (κ1) is 14.4. The average molecular weight is 359 g/mol. The highest BCUT2D eigenvalue weighted by atomic mass is 79.9. The van der Waals surface area contributed by atoms with Crippen LogP contribution in [0.1, 0.15) is 16.1 Å². The molecular weight excluding hydrogens is 344 g/mol. The molecule has 0 radical (unpaired) electrons. The van der Waals surface area contributed by atoms with E-state index >= 15 is 0 Å². The molecule has 0 bridgehead atoms. The van der Waals surface area contributed by atoms with Gasteiger partial charge in [0.25, 0.3) is 0 Å². The Hall–Kier alpha value is -1.49. The summed E-state index contributed by atoms with van der Waals surface area (Å²) in [6.07, 6.45) is 0.870. The zero-order valence-electron chi connectivity index (χ0n) is 11.4. The van der Waals surface area contributed by atoms with Gasteiger partial charge < -0.3 is 5.73 Å². The lowest BCUT2D eigenvalue weighted by Crippen LogP contribution is -1.95. The van der Waals surface area contributed by atoms with Crippen LogP contribution in [0.5, 0.6) is 0 Å². The largest absolute Gasteiger partial charge is 0.326 e. The Labute approximate surface area is 136 Å². The Morgan fingerprint density at radius 1 is 1.05 bits per heavy atom. The summed E-state index contributed by atoms with van der Waals surface area (Å²) >= 11 is 5.16. The summed E-state index contributed by atoms with van der Waals surface area (Å²) in [5.74, 6) is 0. The third-order valence-corrected chi connectivity index (χ3v) is 4.66. The van der Waals surface area contributed by atoms with E-state index in [9.17, 15) is 0 Å². The first-order chi connectivity index (χ1) is 10.2. The van der Waals surface area contributed by atoms with Crippen LogP contribution in [-0.2, 0) is 13.0 Å². The number of halogens is 1. The normalized spacial score (nSPS) is 10.8. The van der Waals surface area contributed by atoms with Crippen molar-refractivity contribution in [1.29, 1.82) is 0 Å². The van der Waals surface area contributed by atoms with E-state index in [0.717, 1.165) is 32.7 Å². The molecule has 1 heterocycles. The maximum Gasteiger partial charge on any atom is 0.0976 e. The monoisotopic (exact) mass is 358 g/mol. The second-order valence-corrected chi connectivity index (χ2v) is 6.69. The highest BCUT2D eigenvalue weighted by Crippen LogP contribution is 2.24. The third kappa shape index (κ3) is 3.59. The van der Waals surface area contributed by atoms with Crippen LogP contribution in [-0.4, -0.2) is 4.98 Å². The van der Waals surface area contributed by atoms with Crippen molar-refractivity contribution in [3.8, 4) is 11.3 Å². The van der Waals surface area contributed by atoms with Crippen LogP contribution < -0.4 is 5.73 Å². The molecule has 0 amide bonds. The highest BCUT2D eigenvalue weighted by molar-refractivity contribution is 9.10. The molecule has 1 aromatic heterocycles. The van der Waals surface area contributed by atoms with Gasteiger partial charge in [-0.05, 0) is 29.3 Å². The maximum atomic E-state index is 5.69. The molecule has 0 saturated heterocycles. The molecule has 106 valence electrons. The third-order valence-electron chi connectivity index (χ3n) is 3.28. The molecule has 0 aliphatic carbocycles. The van der Waals surface area contributed by atoms with E-state index in [1.54, 1.807) is 11.3 Å². The Kier molecular flexibility index (Phi) is 4.48. The predicted molar refractivity (Wildman–Crippen MR) is 92.4 cm³/mol. The molecule has 2 nitrogen and oxygen atoms in total. The molecule has 3 rings (SSSR count). The van der Waals surface area contributed by atoms with Gasteiger partial charge in [0.15, 0.2) is 0 Å². The SMILES string of the molecule is NCc1cccc(-c2csc(Cc3ccc(Br)cc3)n2)c1. The Morgan fingerprint density at radius 2 is 1.86 bits per heavy atom. The van der Waals surface area contributed by atoms with Crippen LogP contribution in [0.15, 0.2) is 58.4 Å². The summed E-state index contributed by atoms with van der Waals surface area (Å²) in [7, 11) is 0. The maximum absolute atomic E-state index is 5.69. The van der Waals surface area contributed by atoms with Crippen LogP contribution in [0.4, 0.5) is 0 Å². The van der Waals surface area contributed by atoms with Crippen LogP contribution in [0, 0.1) is 0 Å². The lowest BCUT2D eigenvalue weighted by molar-refractivity contribution is 1.07. The Balaban J connectivity index is 1.81. The summed E-state index contributed by atoms with van der Waals surface area (Å²) in [4.78, 5) is 4.74. The lowest BCUT2D eigenvalue weighted by Gasteiger charge is -2.01. The fourth-order valence-electron chi connectivity index (χ4n) is 2.16. The number of aromatic nitrogens is 1. The first-order valence-corrected chi connectivity index (χ1v) is 8.40. The molecule has 0 atom stereocenters. The molecule has 0 fully saturated rings. The van der Waals surface area contributed by atoms with Gasteiger partial charge in [0, 0.05) is 28.4 Å². The Morgan fingerprint density at radius 3 is 2.62 bits per heavy atom. The summed E-state index contributed by atoms with van der Waals surface area (Å²) in [5.41, 5.74) is 10.3. The topological polar surface area (TPSA) is 38.9 Å². The van der Waals surface area contributed by atoms with Gasteiger partial charge in [-0.2, -0.15) is 0 Å². The number of nitrogens with zero attached hydrogens (tertiary/aromatic N) is 1. The fourth-order valence-corrected chi connectivity index (χ4v) is 3.26. The van der Waals surface area contributed by atoms with E-state index < -0.39 is 0 Å². The van der Waals surface area contributed by atoms with Gasteiger partial charge in [-0.25, -0.2) is 4.98 Å². The molecule has 2 aromatic carbocycles. The predicted octanol–water partition coefficient (Wildman–Crippen LogP) is 4.62. The quantitative estimate of drug-likeness (QED) is 0.738. The van der Waals surface area contributed by atoms with Crippen molar-refractivity contribution in [3.05, 3.63) is 74.5 Å². The molecule has 0 aliphatic rings. The van der Waals surface area contributed by atoms with Crippen molar-refractivity contribution in [2.75, 3.05) is 0 Å². The van der Waals surface area contributed by atoms with Gasteiger partial charge in [0.2, 0.25) is 0 Å². The molecule has 0 spiro atoms. The summed E-state index contributed by atoms with van der Waals surface area (Å²) < 4.78 is 1.10. The van der Waals surface area contributed by atoms with Crippen LogP contribution in [0.25, 0.3) is 11.3 Å². The van der Waals surface area contributed by atoms with Crippen LogP contribution >= 0.6 is 27.3 Å². The number of rotatable bonds is 4. The van der Waals surface area contributed by atoms with Crippen molar-refractivity contribution >= 4 is 27.3 Å². The minimum Gasteiger partial charge on any atom is -0.326 e. The van der Waals surface area contributed by atoms with Crippen molar-refractivity contribution in [3.63, 3.8) is 0 Å². The number of benzene rings is 2. The van der Waals surface area contributed by atoms with E-state index in [-0.39, 0.29) is 0 Å². The molecular formula is C17H15BrN2S.